The van der Waals surface area contributed by atoms with Gasteiger partial charge in [0.1, 0.15) is 17.4 Å². The van der Waals surface area contributed by atoms with E-state index in [-0.39, 0.29) is 5.75 Å². The van der Waals surface area contributed by atoms with Gasteiger partial charge >= 0.3 is 0 Å². The van der Waals surface area contributed by atoms with Gasteiger partial charge in [-0.2, -0.15) is 0 Å². The van der Waals surface area contributed by atoms with Crippen LogP contribution in [0, 0.1) is 0 Å². The van der Waals surface area contributed by atoms with Crippen LogP contribution >= 0.6 is 0 Å². The minimum Gasteiger partial charge on any atom is -0.508 e. The zero-order valence-corrected chi connectivity index (χ0v) is 12.9. The Morgan fingerprint density at radius 1 is 0.875 bits per heavy atom. The number of benzene rings is 2. The predicted molar refractivity (Wildman–Crippen MR) is 95.9 cm³/mol. The molecule has 0 fully saturated rings. The molecule has 2 aromatic heterocycles. The van der Waals surface area contributed by atoms with Crippen LogP contribution in [0.4, 0.5) is 0 Å². The van der Waals surface area contributed by atoms with Crippen LogP contribution < -0.4 is 0 Å². The molecule has 0 aliphatic heterocycles. The van der Waals surface area contributed by atoms with Crippen molar-refractivity contribution in [3.05, 3.63) is 84.3 Å². The van der Waals surface area contributed by atoms with Crippen molar-refractivity contribution in [2.45, 2.75) is 0 Å². The summed E-state index contributed by atoms with van der Waals surface area (Å²) in [5.74, 6) is 1.75. The van der Waals surface area contributed by atoms with Crippen molar-refractivity contribution in [3.63, 3.8) is 0 Å². The van der Waals surface area contributed by atoms with Gasteiger partial charge in [-0.05, 0) is 35.9 Å². The molecule has 1 N–H and O–H groups in total. The first-order chi connectivity index (χ1) is 11.8. The molecule has 0 amide bonds. The van der Waals surface area contributed by atoms with Gasteiger partial charge in [-0.25, -0.2) is 9.97 Å². The maximum absolute atomic E-state index is 9.73. The van der Waals surface area contributed by atoms with E-state index in [2.05, 4.69) is 9.97 Å². The highest BCUT2D eigenvalue weighted by Gasteiger charge is 2.11. The second-order valence-corrected chi connectivity index (χ2v) is 5.41. The third-order valence-electron chi connectivity index (χ3n) is 3.77. The third kappa shape index (κ3) is 2.65. The Morgan fingerprint density at radius 2 is 1.71 bits per heavy atom. The van der Waals surface area contributed by atoms with E-state index >= 15 is 0 Å². The lowest BCUT2D eigenvalue weighted by atomic mass is 10.2. The van der Waals surface area contributed by atoms with E-state index in [0.29, 0.717) is 0 Å². The fourth-order valence-corrected chi connectivity index (χ4v) is 2.66. The van der Waals surface area contributed by atoms with Crippen molar-refractivity contribution in [3.8, 4) is 11.6 Å². The minimum atomic E-state index is 0.201. The molecule has 0 aliphatic rings. The number of hydrogen-bond donors (Lipinski definition) is 1. The quantitative estimate of drug-likeness (QED) is 0.613. The number of phenolic OH excluding ortho intramolecular Hbond substituents is 1. The van der Waals surface area contributed by atoms with Crippen LogP contribution in [0.1, 0.15) is 11.4 Å². The lowest BCUT2D eigenvalue weighted by Gasteiger charge is -2.05. The van der Waals surface area contributed by atoms with Gasteiger partial charge in [0.05, 0.1) is 11.0 Å². The van der Waals surface area contributed by atoms with E-state index in [1.807, 2.05) is 71.3 Å². The summed E-state index contributed by atoms with van der Waals surface area (Å²) >= 11 is 0. The number of nitrogens with zero attached hydrogens (tertiary/aromatic N) is 3. The van der Waals surface area contributed by atoms with E-state index in [1.165, 1.54) is 0 Å². The topological polar surface area (TPSA) is 50.9 Å². The van der Waals surface area contributed by atoms with Gasteiger partial charge < -0.3 is 5.11 Å². The molecule has 2 heterocycles. The summed E-state index contributed by atoms with van der Waals surface area (Å²) in [5.41, 5.74) is 2.73. The highest BCUT2D eigenvalue weighted by molar-refractivity contribution is 5.83. The molecule has 0 bridgehead atoms. The van der Waals surface area contributed by atoms with E-state index in [9.17, 15) is 5.11 Å². The van der Waals surface area contributed by atoms with Gasteiger partial charge in [0.2, 0.25) is 0 Å². The Balaban J connectivity index is 1.89. The molecular formula is C20H15N3O. The number of phenols is 1. The molecule has 0 aliphatic carbocycles. The first-order valence-corrected chi connectivity index (χ1v) is 7.67. The number of rotatable bonds is 3. The Hall–Kier alpha value is -3.40. The fourth-order valence-electron chi connectivity index (χ4n) is 2.66. The summed E-state index contributed by atoms with van der Waals surface area (Å²) in [6.07, 6.45) is 5.73. The van der Waals surface area contributed by atoms with Crippen molar-refractivity contribution in [1.82, 2.24) is 14.5 Å². The van der Waals surface area contributed by atoms with E-state index < -0.39 is 0 Å². The lowest BCUT2D eigenvalue weighted by molar-refractivity contribution is 0.476. The minimum absolute atomic E-state index is 0.201. The van der Waals surface area contributed by atoms with Gasteiger partial charge in [-0.1, -0.05) is 42.5 Å². The van der Waals surface area contributed by atoms with Crippen LogP contribution in [0.5, 0.6) is 5.75 Å². The van der Waals surface area contributed by atoms with Gasteiger partial charge in [0.25, 0.3) is 0 Å². The number of fused-ring (bicyclic) bond motifs is 1. The van der Waals surface area contributed by atoms with E-state index in [0.717, 1.165) is 28.2 Å². The lowest BCUT2D eigenvalue weighted by Crippen LogP contribution is -1.99. The molecule has 2 aromatic carbocycles. The molecule has 0 unspecified atom stereocenters. The smallest absolute Gasteiger partial charge is 0.139 e. The predicted octanol–water partition coefficient (Wildman–Crippen LogP) is 4.30. The molecule has 0 saturated carbocycles. The molecule has 0 atom stereocenters. The maximum atomic E-state index is 9.73. The van der Waals surface area contributed by atoms with Crippen molar-refractivity contribution >= 4 is 23.2 Å². The molecule has 4 rings (SSSR count). The molecule has 24 heavy (non-hydrogen) atoms. The summed E-state index contributed by atoms with van der Waals surface area (Å²) in [7, 11) is 0. The largest absolute Gasteiger partial charge is 0.508 e. The summed E-state index contributed by atoms with van der Waals surface area (Å²) in [6.45, 7) is 0. The molecule has 116 valence electrons. The number of aromatic nitrogens is 3. The third-order valence-corrected chi connectivity index (χ3v) is 3.77. The Bertz CT molecular complexity index is 1010. The van der Waals surface area contributed by atoms with Gasteiger partial charge in [-0.15, -0.1) is 0 Å². The van der Waals surface area contributed by atoms with E-state index in [4.69, 9.17) is 0 Å². The van der Waals surface area contributed by atoms with Crippen LogP contribution in [-0.4, -0.2) is 19.6 Å². The highest BCUT2D eigenvalue weighted by Crippen LogP contribution is 2.25. The first-order valence-electron chi connectivity index (χ1n) is 7.67. The monoisotopic (exact) mass is 313 g/mol. The van der Waals surface area contributed by atoms with Crippen LogP contribution in [0.3, 0.4) is 0 Å². The summed E-state index contributed by atoms with van der Waals surface area (Å²) in [5, 5.41) is 9.73. The van der Waals surface area contributed by atoms with E-state index in [1.54, 1.807) is 18.3 Å². The Labute approximate surface area is 139 Å². The zero-order valence-electron chi connectivity index (χ0n) is 12.9. The SMILES string of the molecule is Oc1ccc2c(c1)nc(C=Cc1ccccc1)n2-c1ccccn1. The van der Waals surface area contributed by atoms with Crippen LogP contribution in [0.2, 0.25) is 0 Å². The standard InChI is InChI=1S/C20H15N3O/c24-16-10-11-18-17(14-16)22-20(12-9-15-6-2-1-3-7-15)23(18)19-8-4-5-13-21-19/h1-14,24H. The second kappa shape index (κ2) is 6.01. The molecule has 4 aromatic rings. The Morgan fingerprint density at radius 3 is 2.50 bits per heavy atom. The molecule has 4 heteroatoms. The molecule has 0 radical (unpaired) electrons. The Kier molecular flexibility index (Phi) is 3.56. The van der Waals surface area contributed by atoms with Crippen molar-refractivity contribution in [1.29, 1.82) is 0 Å². The maximum Gasteiger partial charge on any atom is 0.139 e. The normalized spacial score (nSPS) is 11.3. The average molecular weight is 313 g/mol. The molecule has 0 saturated heterocycles. The van der Waals surface area contributed by atoms with Gasteiger partial charge in [0, 0.05) is 12.3 Å². The molecule has 0 spiro atoms. The molecular weight excluding hydrogens is 298 g/mol. The van der Waals surface area contributed by atoms with Crippen LogP contribution in [0.15, 0.2) is 72.9 Å². The fraction of sp³-hybridized carbons (Fsp3) is 0. The zero-order chi connectivity index (χ0) is 16.4. The number of imidazole rings is 1. The second-order valence-electron chi connectivity index (χ2n) is 5.41. The first kappa shape index (κ1) is 14.2. The number of pyridine rings is 1. The summed E-state index contributed by atoms with van der Waals surface area (Å²) in [4.78, 5) is 9.08. The van der Waals surface area contributed by atoms with Crippen LogP contribution in [-0.2, 0) is 0 Å². The highest BCUT2D eigenvalue weighted by atomic mass is 16.3. The van der Waals surface area contributed by atoms with Crippen molar-refractivity contribution in [2.24, 2.45) is 0 Å². The summed E-state index contributed by atoms with van der Waals surface area (Å²) in [6, 6.07) is 21.0. The van der Waals surface area contributed by atoms with Gasteiger partial charge in [-0.3, -0.25) is 4.57 Å². The number of hydrogen-bond acceptors (Lipinski definition) is 3. The van der Waals surface area contributed by atoms with Crippen molar-refractivity contribution in [2.75, 3.05) is 0 Å². The van der Waals surface area contributed by atoms with Crippen molar-refractivity contribution < 1.29 is 5.11 Å². The number of aromatic hydroxyl groups is 1. The summed E-state index contributed by atoms with van der Waals surface area (Å²) < 4.78 is 1.98. The average Bonchev–Trinajstić information content (AvgIpc) is 2.99. The van der Waals surface area contributed by atoms with Crippen LogP contribution in [0.25, 0.3) is 29.0 Å². The molecule has 4 nitrogen and oxygen atoms in total. The van der Waals surface area contributed by atoms with Gasteiger partial charge in [0.15, 0.2) is 0 Å².